The molecular weight excluding hydrogens is 390 g/mol. The zero-order valence-corrected chi connectivity index (χ0v) is 15.2. The molecule has 0 spiro atoms. The van der Waals surface area contributed by atoms with Crippen molar-refractivity contribution < 1.29 is 39.7 Å². The maximum atomic E-state index is 10.2. The number of hydrogen-bond acceptors (Lipinski definition) is 8. The summed E-state index contributed by atoms with van der Waals surface area (Å²) in [6.45, 7) is 0.332. The van der Waals surface area contributed by atoms with Gasteiger partial charge in [-0.05, 0) is 6.92 Å². The van der Waals surface area contributed by atoms with Crippen LogP contribution in [-0.2, 0) is 14.2 Å². The van der Waals surface area contributed by atoms with Crippen molar-refractivity contribution in [3.8, 4) is 0 Å². The predicted molar refractivity (Wildman–Crippen MR) is 86.3 cm³/mol. The third-order valence-electron chi connectivity index (χ3n) is 3.66. The van der Waals surface area contributed by atoms with Crippen LogP contribution in [0.1, 0.15) is 6.92 Å². The van der Waals surface area contributed by atoms with Crippen LogP contribution in [0.4, 0.5) is 0 Å². The molecule has 11 heteroatoms. The van der Waals surface area contributed by atoms with Crippen molar-refractivity contribution >= 4 is 34.8 Å². The maximum absolute atomic E-state index is 10.2. The lowest BCUT2D eigenvalue weighted by Gasteiger charge is -2.37. The Labute approximate surface area is 154 Å². The van der Waals surface area contributed by atoms with E-state index in [2.05, 4.69) is 0 Å². The van der Waals surface area contributed by atoms with Gasteiger partial charge in [0, 0.05) is 0 Å². The van der Waals surface area contributed by atoms with Crippen LogP contribution in [0, 0.1) is 0 Å². The first-order valence-corrected chi connectivity index (χ1v) is 8.79. The van der Waals surface area contributed by atoms with Crippen LogP contribution in [0.5, 0.6) is 0 Å². The van der Waals surface area contributed by atoms with Crippen LogP contribution in [-0.4, -0.2) is 98.5 Å². The summed E-state index contributed by atoms with van der Waals surface area (Å²) in [6.07, 6.45) is -7.91. The van der Waals surface area contributed by atoms with Crippen molar-refractivity contribution in [2.75, 3.05) is 25.0 Å². The molecule has 1 aliphatic rings. The Morgan fingerprint density at radius 1 is 1.21 bits per heavy atom. The van der Waals surface area contributed by atoms with Gasteiger partial charge >= 0.3 is 0 Å². The number of aliphatic hydroxyl groups excluding tert-OH is 5. The zero-order chi connectivity index (χ0) is 18.5. The highest BCUT2D eigenvalue weighted by Gasteiger charge is 2.56. The second kappa shape index (κ2) is 10.0. The van der Waals surface area contributed by atoms with Crippen molar-refractivity contribution in [1.29, 1.82) is 0 Å². The molecular formula is C13H23Cl3O8. The number of ether oxygens (including phenoxy) is 3. The summed E-state index contributed by atoms with van der Waals surface area (Å²) >= 11 is 17.4. The zero-order valence-electron chi connectivity index (χ0n) is 13.0. The molecule has 24 heavy (non-hydrogen) atoms. The van der Waals surface area contributed by atoms with Gasteiger partial charge in [-0.25, -0.2) is 0 Å². The smallest absolute Gasteiger partial charge is 0.214 e. The number of aliphatic hydroxyl groups is 5. The first kappa shape index (κ1) is 22.6. The highest BCUT2D eigenvalue weighted by atomic mass is 35.5. The Hall–Kier alpha value is 0.550. The largest absolute Gasteiger partial charge is 0.394 e. The number of halogens is 3. The van der Waals surface area contributed by atoms with Gasteiger partial charge < -0.3 is 39.7 Å². The van der Waals surface area contributed by atoms with Gasteiger partial charge in [0.2, 0.25) is 5.79 Å². The number of hydrogen-bond donors (Lipinski definition) is 5. The van der Waals surface area contributed by atoms with Gasteiger partial charge in [-0.15, -0.1) is 34.8 Å². The Morgan fingerprint density at radius 3 is 2.21 bits per heavy atom. The summed E-state index contributed by atoms with van der Waals surface area (Å²) in [5.74, 6) is -2.47. The van der Waals surface area contributed by atoms with Crippen LogP contribution in [0.2, 0.25) is 0 Å². The third kappa shape index (κ3) is 5.05. The van der Waals surface area contributed by atoms with E-state index in [9.17, 15) is 20.4 Å². The van der Waals surface area contributed by atoms with Gasteiger partial charge in [0.15, 0.2) is 6.29 Å². The van der Waals surface area contributed by atoms with Crippen molar-refractivity contribution in [2.24, 2.45) is 0 Å². The topological polar surface area (TPSA) is 129 Å². The lowest BCUT2D eigenvalue weighted by Crippen LogP contribution is -2.53. The SMILES string of the molecule is C[C@@H](Cl)C(CO)O[C@H](O[C@@]1(CCl)O[C@H](CCl)[C@@H](O)[C@H]1O)[C@@H](O)CO. The third-order valence-corrected chi connectivity index (χ3v) is 4.62. The molecule has 1 rings (SSSR count). The molecule has 8 nitrogen and oxygen atoms in total. The Morgan fingerprint density at radius 2 is 1.83 bits per heavy atom. The Bertz CT molecular complexity index is 377. The maximum Gasteiger partial charge on any atom is 0.214 e. The molecule has 1 unspecified atom stereocenters. The van der Waals surface area contributed by atoms with Crippen molar-refractivity contribution in [3.05, 3.63) is 0 Å². The van der Waals surface area contributed by atoms with E-state index in [-0.39, 0.29) is 5.88 Å². The predicted octanol–water partition coefficient (Wildman–Crippen LogP) is -1.02. The Kier molecular flexibility index (Phi) is 9.44. The standard InChI is InChI=1S/C13H23Cl3O8/c1-6(16)9(4-18)22-12(7(19)3-17)24-13(5-15)11(21)10(20)8(2-14)23-13/h6-12,17-21H,2-5H2,1H3/t6-,7+,8-,9?,10-,11-,12-,13-/m1/s1. The molecule has 1 saturated heterocycles. The van der Waals surface area contributed by atoms with E-state index in [1.807, 2.05) is 0 Å². The van der Waals surface area contributed by atoms with Crippen LogP contribution in [0.25, 0.3) is 0 Å². The highest BCUT2D eigenvalue weighted by molar-refractivity contribution is 6.20. The van der Waals surface area contributed by atoms with Gasteiger partial charge in [0.05, 0.1) is 36.5 Å². The average molecular weight is 414 g/mol. The normalized spacial score (nSPS) is 35.6. The molecule has 1 fully saturated rings. The quantitative estimate of drug-likeness (QED) is 0.227. The Balaban J connectivity index is 2.98. The molecule has 0 aromatic heterocycles. The fraction of sp³-hybridized carbons (Fsp3) is 1.00. The monoisotopic (exact) mass is 412 g/mol. The number of alkyl halides is 3. The van der Waals surface area contributed by atoms with Crippen LogP contribution in [0.3, 0.4) is 0 Å². The minimum Gasteiger partial charge on any atom is -0.394 e. The van der Waals surface area contributed by atoms with Crippen molar-refractivity contribution in [2.45, 2.75) is 54.9 Å². The van der Waals surface area contributed by atoms with Crippen molar-refractivity contribution in [1.82, 2.24) is 0 Å². The van der Waals surface area contributed by atoms with E-state index in [1.165, 1.54) is 0 Å². The molecule has 0 aromatic carbocycles. The van der Waals surface area contributed by atoms with Gasteiger partial charge in [-0.2, -0.15) is 0 Å². The molecule has 0 aliphatic carbocycles. The fourth-order valence-electron chi connectivity index (χ4n) is 2.17. The second-order valence-corrected chi connectivity index (χ2v) is 6.73. The summed E-state index contributed by atoms with van der Waals surface area (Å²) in [5, 5.41) is 47.8. The molecule has 0 saturated carbocycles. The van der Waals surface area contributed by atoms with E-state index >= 15 is 0 Å². The first-order valence-electron chi connectivity index (χ1n) is 7.29. The van der Waals surface area contributed by atoms with Gasteiger partial charge in [0.25, 0.3) is 0 Å². The van der Waals surface area contributed by atoms with Crippen molar-refractivity contribution in [3.63, 3.8) is 0 Å². The minimum atomic E-state index is -1.92. The molecule has 5 N–H and O–H groups in total. The molecule has 1 heterocycles. The lowest BCUT2D eigenvalue weighted by molar-refractivity contribution is -0.340. The molecule has 0 aromatic rings. The average Bonchev–Trinajstić information content (AvgIpc) is 2.82. The second-order valence-electron chi connectivity index (χ2n) is 5.46. The van der Waals surface area contributed by atoms with E-state index in [0.717, 1.165) is 0 Å². The fourth-order valence-corrected chi connectivity index (χ4v) is 2.84. The van der Waals surface area contributed by atoms with Gasteiger partial charge in [-0.1, -0.05) is 0 Å². The summed E-state index contributed by atoms with van der Waals surface area (Å²) < 4.78 is 16.3. The molecule has 144 valence electrons. The molecule has 0 bridgehead atoms. The minimum absolute atomic E-state index is 0.133. The van der Waals surface area contributed by atoms with Gasteiger partial charge in [0.1, 0.15) is 24.4 Å². The molecule has 0 amide bonds. The van der Waals surface area contributed by atoms with Crippen LogP contribution in [0.15, 0.2) is 0 Å². The summed E-state index contributed by atoms with van der Waals surface area (Å²) in [7, 11) is 0. The van der Waals surface area contributed by atoms with E-state index in [4.69, 9.17) is 54.1 Å². The van der Waals surface area contributed by atoms with E-state index in [0.29, 0.717) is 0 Å². The lowest BCUT2D eigenvalue weighted by atomic mass is 10.1. The molecule has 8 atom stereocenters. The molecule has 0 radical (unpaired) electrons. The van der Waals surface area contributed by atoms with E-state index in [1.54, 1.807) is 6.92 Å². The first-order chi connectivity index (χ1) is 11.3. The van der Waals surface area contributed by atoms with E-state index < -0.39 is 67.1 Å². The van der Waals surface area contributed by atoms with Gasteiger partial charge in [-0.3, -0.25) is 0 Å². The highest BCUT2D eigenvalue weighted by Crippen LogP contribution is 2.36. The van der Waals surface area contributed by atoms with Crippen LogP contribution < -0.4 is 0 Å². The molecule has 1 aliphatic heterocycles. The summed E-state index contributed by atoms with van der Waals surface area (Å²) in [6, 6.07) is 0. The summed E-state index contributed by atoms with van der Waals surface area (Å²) in [5.41, 5.74) is 0. The number of rotatable bonds is 10. The summed E-state index contributed by atoms with van der Waals surface area (Å²) in [4.78, 5) is 0. The van der Waals surface area contributed by atoms with Crippen LogP contribution >= 0.6 is 34.8 Å².